The fraction of sp³-hybridized carbons (Fsp3) is 0.583. The minimum absolute atomic E-state index is 0.175. The van der Waals surface area contributed by atoms with Crippen LogP contribution < -0.4 is 5.73 Å². The normalized spacial score (nSPS) is 12.7. The first kappa shape index (κ1) is 13.6. The summed E-state index contributed by atoms with van der Waals surface area (Å²) in [7, 11) is 0. The Balaban J connectivity index is 2.23. The summed E-state index contributed by atoms with van der Waals surface area (Å²) >= 11 is 3.36. The van der Waals surface area contributed by atoms with Gasteiger partial charge in [0.25, 0.3) is 0 Å². The molecule has 1 rings (SSSR count). The number of rotatable bonds is 7. The van der Waals surface area contributed by atoms with Gasteiger partial charge < -0.3 is 10.5 Å². The largest absolute Gasteiger partial charge is 0.382 e. The zero-order valence-corrected chi connectivity index (χ0v) is 11.2. The monoisotopic (exact) mass is 286 g/mol. The van der Waals surface area contributed by atoms with Crippen LogP contribution in [0, 0.1) is 0 Å². The second-order valence-corrected chi connectivity index (χ2v) is 4.69. The van der Waals surface area contributed by atoms with Crippen molar-refractivity contribution in [2.24, 2.45) is 5.73 Å². The standard InChI is InChI=1S/C12H19BrN2O/c1-2-16-7-3-4-11(14)8-12-6-5-10(13)9-15-12/h5-6,9,11H,2-4,7-8,14H2,1H3. The molecule has 0 aliphatic rings. The third kappa shape index (κ3) is 5.58. The zero-order valence-electron chi connectivity index (χ0n) is 9.66. The van der Waals surface area contributed by atoms with E-state index in [-0.39, 0.29) is 6.04 Å². The van der Waals surface area contributed by atoms with Crippen molar-refractivity contribution in [3.05, 3.63) is 28.5 Å². The van der Waals surface area contributed by atoms with Gasteiger partial charge in [0.15, 0.2) is 0 Å². The lowest BCUT2D eigenvalue weighted by Crippen LogP contribution is -2.23. The highest BCUT2D eigenvalue weighted by Gasteiger charge is 2.04. The minimum Gasteiger partial charge on any atom is -0.382 e. The van der Waals surface area contributed by atoms with Gasteiger partial charge >= 0.3 is 0 Å². The fourth-order valence-corrected chi connectivity index (χ4v) is 1.72. The molecule has 90 valence electrons. The van der Waals surface area contributed by atoms with E-state index in [1.165, 1.54) is 0 Å². The van der Waals surface area contributed by atoms with E-state index in [1.807, 2.05) is 25.3 Å². The van der Waals surface area contributed by atoms with Gasteiger partial charge in [0.2, 0.25) is 0 Å². The molecule has 1 aromatic rings. The average Bonchev–Trinajstić information content (AvgIpc) is 2.28. The molecular formula is C12H19BrN2O. The van der Waals surface area contributed by atoms with Crippen LogP contribution in [0.15, 0.2) is 22.8 Å². The first-order chi connectivity index (χ1) is 7.72. The van der Waals surface area contributed by atoms with E-state index in [9.17, 15) is 0 Å². The van der Waals surface area contributed by atoms with Gasteiger partial charge in [0.1, 0.15) is 0 Å². The molecule has 0 aliphatic carbocycles. The minimum atomic E-state index is 0.175. The van der Waals surface area contributed by atoms with Gasteiger partial charge in [-0.25, -0.2) is 0 Å². The molecule has 3 nitrogen and oxygen atoms in total. The molecule has 0 saturated carbocycles. The Morgan fingerprint density at radius 2 is 2.31 bits per heavy atom. The average molecular weight is 287 g/mol. The highest BCUT2D eigenvalue weighted by molar-refractivity contribution is 9.10. The van der Waals surface area contributed by atoms with E-state index >= 15 is 0 Å². The van der Waals surface area contributed by atoms with Gasteiger partial charge in [-0.15, -0.1) is 0 Å². The topological polar surface area (TPSA) is 48.1 Å². The molecule has 2 N–H and O–H groups in total. The number of hydrogen-bond acceptors (Lipinski definition) is 3. The predicted molar refractivity (Wildman–Crippen MR) is 69.3 cm³/mol. The molecule has 1 atom stereocenters. The lowest BCUT2D eigenvalue weighted by molar-refractivity contribution is 0.142. The van der Waals surface area contributed by atoms with Crippen LogP contribution >= 0.6 is 15.9 Å². The predicted octanol–water partition coefficient (Wildman–Crippen LogP) is 2.53. The lowest BCUT2D eigenvalue weighted by Gasteiger charge is -2.10. The first-order valence-electron chi connectivity index (χ1n) is 5.66. The molecule has 1 unspecified atom stereocenters. The third-order valence-corrected chi connectivity index (χ3v) is 2.80. The highest BCUT2D eigenvalue weighted by Crippen LogP contribution is 2.09. The Bertz CT molecular complexity index is 290. The Morgan fingerprint density at radius 1 is 1.50 bits per heavy atom. The number of pyridine rings is 1. The molecule has 4 heteroatoms. The highest BCUT2D eigenvalue weighted by atomic mass is 79.9. The van der Waals surface area contributed by atoms with Crippen molar-refractivity contribution in [3.63, 3.8) is 0 Å². The summed E-state index contributed by atoms with van der Waals surface area (Å²) in [5, 5.41) is 0. The summed E-state index contributed by atoms with van der Waals surface area (Å²) in [6.07, 6.45) is 4.64. The summed E-state index contributed by atoms with van der Waals surface area (Å²) < 4.78 is 6.27. The smallest absolute Gasteiger partial charge is 0.0466 e. The van der Waals surface area contributed by atoms with Crippen LogP contribution in [0.4, 0.5) is 0 Å². The van der Waals surface area contributed by atoms with E-state index in [4.69, 9.17) is 10.5 Å². The van der Waals surface area contributed by atoms with Crippen molar-refractivity contribution in [3.8, 4) is 0 Å². The maximum atomic E-state index is 6.02. The Hall–Kier alpha value is -0.450. The van der Waals surface area contributed by atoms with E-state index in [0.29, 0.717) is 0 Å². The van der Waals surface area contributed by atoms with E-state index in [0.717, 1.165) is 42.6 Å². The van der Waals surface area contributed by atoms with Crippen LogP contribution in [-0.2, 0) is 11.2 Å². The molecule has 1 aromatic heterocycles. The second-order valence-electron chi connectivity index (χ2n) is 3.77. The Labute approximate surface area is 106 Å². The molecule has 0 aromatic carbocycles. The van der Waals surface area contributed by atoms with Crippen LogP contribution in [-0.4, -0.2) is 24.2 Å². The van der Waals surface area contributed by atoms with Gasteiger partial charge in [-0.05, 0) is 47.8 Å². The van der Waals surface area contributed by atoms with Crippen molar-refractivity contribution < 1.29 is 4.74 Å². The molecular weight excluding hydrogens is 268 g/mol. The molecule has 0 radical (unpaired) electrons. The number of aromatic nitrogens is 1. The molecule has 0 bridgehead atoms. The van der Waals surface area contributed by atoms with Gasteiger partial charge in [0, 0.05) is 42.0 Å². The molecule has 0 saturated heterocycles. The van der Waals surface area contributed by atoms with Crippen molar-refractivity contribution in [1.82, 2.24) is 4.98 Å². The van der Waals surface area contributed by atoms with Crippen molar-refractivity contribution in [2.75, 3.05) is 13.2 Å². The molecule has 0 spiro atoms. The number of hydrogen-bond donors (Lipinski definition) is 1. The summed E-state index contributed by atoms with van der Waals surface area (Å²) in [5.74, 6) is 0. The number of nitrogens with two attached hydrogens (primary N) is 1. The Morgan fingerprint density at radius 3 is 2.94 bits per heavy atom. The van der Waals surface area contributed by atoms with Crippen LogP contribution in [0.1, 0.15) is 25.5 Å². The van der Waals surface area contributed by atoms with E-state index in [2.05, 4.69) is 20.9 Å². The number of halogens is 1. The second kappa shape index (κ2) is 7.76. The molecule has 0 fully saturated rings. The van der Waals surface area contributed by atoms with E-state index < -0.39 is 0 Å². The molecule has 16 heavy (non-hydrogen) atoms. The molecule has 0 aliphatic heterocycles. The van der Waals surface area contributed by atoms with Crippen molar-refractivity contribution >= 4 is 15.9 Å². The molecule has 1 heterocycles. The number of nitrogens with zero attached hydrogens (tertiary/aromatic N) is 1. The summed E-state index contributed by atoms with van der Waals surface area (Å²) in [5.41, 5.74) is 7.07. The lowest BCUT2D eigenvalue weighted by atomic mass is 10.1. The summed E-state index contributed by atoms with van der Waals surface area (Å²) in [6.45, 7) is 3.59. The van der Waals surface area contributed by atoms with Crippen molar-refractivity contribution in [1.29, 1.82) is 0 Å². The van der Waals surface area contributed by atoms with Crippen LogP contribution in [0.3, 0.4) is 0 Å². The zero-order chi connectivity index (χ0) is 11.8. The maximum absolute atomic E-state index is 6.02. The Kier molecular flexibility index (Phi) is 6.61. The third-order valence-electron chi connectivity index (χ3n) is 2.33. The number of ether oxygens (including phenoxy) is 1. The fourth-order valence-electron chi connectivity index (χ4n) is 1.49. The maximum Gasteiger partial charge on any atom is 0.0466 e. The van der Waals surface area contributed by atoms with Crippen LogP contribution in [0.5, 0.6) is 0 Å². The van der Waals surface area contributed by atoms with Crippen LogP contribution in [0.25, 0.3) is 0 Å². The van der Waals surface area contributed by atoms with Gasteiger partial charge in [-0.2, -0.15) is 0 Å². The van der Waals surface area contributed by atoms with Crippen molar-refractivity contribution in [2.45, 2.75) is 32.2 Å². The van der Waals surface area contributed by atoms with Crippen LogP contribution in [0.2, 0.25) is 0 Å². The summed E-state index contributed by atoms with van der Waals surface area (Å²) in [4.78, 5) is 4.30. The van der Waals surface area contributed by atoms with Gasteiger partial charge in [-0.3, -0.25) is 4.98 Å². The quantitative estimate of drug-likeness (QED) is 0.784. The molecule has 0 amide bonds. The van der Waals surface area contributed by atoms with E-state index in [1.54, 1.807) is 0 Å². The van der Waals surface area contributed by atoms with Gasteiger partial charge in [0.05, 0.1) is 0 Å². The summed E-state index contributed by atoms with van der Waals surface area (Å²) in [6, 6.07) is 4.18. The first-order valence-corrected chi connectivity index (χ1v) is 6.45. The van der Waals surface area contributed by atoms with Gasteiger partial charge in [-0.1, -0.05) is 0 Å². The SMILES string of the molecule is CCOCCCC(N)Cc1ccc(Br)cn1.